The maximum Gasteiger partial charge on any atom is 0.257 e. The van der Waals surface area contributed by atoms with Crippen molar-refractivity contribution in [1.29, 1.82) is 0 Å². The van der Waals surface area contributed by atoms with Crippen molar-refractivity contribution in [3.05, 3.63) is 59.0 Å². The van der Waals surface area contributed by atoms with Gasteiger partial charge in [0.05, 0.1) is 5.56 Å². The summed E-state index contributed by atoms with van der Waals surface area (Å²) in [6.45, 7) is 1.94. The highest BCUT2D eigenvalue weighted by Gasteiger charge is 2.12. The molecule has 3 rings (SSSR count). The Morgan fingerprint density at radius 2 is 2.00 bits per heavy atom. The molecular weight excluding hydrogens is 268 g/mol. The zero-order valence-corrected chi connectivity index (χ0v) is 11.8. The first-order valence-corrected chi connectivity index (χ1v) is 7.17. The van der Waals surface area contributed by atoms with E-state index in [1.165, 1.54) is 0 Å². The second kappa shape index (κ2) is 4.98. The van der Waals surface area contributed by atoms with Crippen LogP contribution in [0.15, 0.2) is 47.8 Å². The number of fused-ring (bicyclic) bond motifs is 1. The van der Waals surface area contributed by atoms with E-state index in [9.17, 15) is 4.79 Å². The Balaban J connectivity index is 1.91. The predicted octanol–water partition coefficient (Wildman–Crippen LogP) is 4.04. The summed E-state index contributed by atoms with van der Waals surface area (Å²) in [5.41, 5.74) is 8.95. The zero-order valence-electron chi connectivity index (χ0n) is 11.0. The Morgan fingerprint density at radius 1 is 1.20 bits per heavy atom. The molecule has 20 heavy (non-hydrogen) atoms. The molecule has 0 unspecified atom stereocenters. The molecule has 3 aromatic rings. The molecule has 3 nitrogen and oxygen atoms in total. The summed E-state index contributed by atoms with van der Waals surface area (Å²) in [4.78, 5) is 12.3. The van der Waals surface area contributed by atoms with E-state index in [0.717, 1.165) is 15.6 Å². The molecule has 100 valence electrons. The Kier molecular flexibility index (Phi) is 3.16. The van der Waals surface area contributed by atoms with E-state index in [0.29, 0.717) is 16.9 Å². The van der Waals surface area contributed by atoms with E-state index < -0.39 is 0 Å². The number of hydrogen-bond acceptors (Lipinski definition) is 3. The summed E-state index contributed by atoms with van der Waals surface area (Å²) in [5, 5.41) is 5.76. The van der Waals surface area contributed by atoms with Gasteiger partial charge < -0.3 is 11.1 Å². The van der Waals surface area contributed by atoms with E-state index in [2.05, 4.69) is 5.32 Å². The first-order valence-electron chi connectivity index (χ1n) is 6.29. The van der Waals surface area contributed by atoms with Crippen LogP contribution in [0.5, 0.6) is 0 Å². The lowest BCUT2D eigenvalue weighted by molar-refractivity contribution is 0.102. The number of anilines is 2. The Hall–Kier alpha value is -2.33. The van der Waals surface area contributed by atoms with Crippen LogP contribution >= 0.6 is 11.3 Å². The maximum atomic E-state index is 12.3. The van der Waals surface area contributed by atoms with Crippen LogP contribution in [-0.4, -0.2) is 5.91 Å². The van der Waals surface area contributed by atoms with Crippen LogP contribution in [0.25, 0.3) is 10.1 Å². The summed E-state index contributed by atoms with van der Waals surface area (Å²) in [7, 11) is 0. The summed E-state index contributed by atoms with van der Waals surface area (Å²) in [5.74, 6) is -0.106. The minimum absolute atomic E-state index is 0.106. The van der Waals surface area contributed by atoms with Crippen molar-refractivity contribution in [2.75, 3.05) is 11.1 Å². The van der Waals surface area contributed by atoms with Crippen LogP contribution in [0.4, 0.5) is 11.4 Å². The molecule has 0 radical (unpaired) electrons. The number of nitrogen functional groups attached to an aromatic ring is 1. The predicted molar refractivity (Wildman–Crippen MR) is 85.4 cm³/mol. The molecule has 0 spiro atoms. The van der Waals surface area contributed by atoms with Crippen LogP contribution in [0, 0.1) is 6.92 Å². The van der Waals surface area contributed by atoms with Crippen LogP contribution in [0.2, 0.25) is 0 Å². The van der Waals surface area contributed by atoms with E-state index in [1.54, 1.807) is 17.4 Å². The summed E-state index contributed by atoms with van der Waals surface area (Å²) in [6, 6.07) is 13.4. The largest absolute Gasteiger partial charge is 0.398 e. The topological polar surface area (TPSA) is 55.1 Å². The molecule has 2 aromatic carbocycles. The Bertz CT molecular complexity index is 792. The standard InChI is InChI=1S/C16H14N2OS/c1-10-6-7-11(8-14(10)17)18-16(19)13-9-20-15-5-3-2-4-12(13)15/h2-9H,17H2,1H3,(H,18,19). The highest BCUT2D eigenvalue weighted by Crippen LogP contribution is 2.26. The van der Waals surface area contributed by atoms with Gasteiger partial charge in [0.15, 0.2) is 0 Å². The highest BCUT2D eigenvalue weighted by molar-refractivity contribution is 7.17. The smallest absolute Gasteiger partial charge is 0.257 e. The van der Waals surface area contributed by atoms with E-state index in [1.807, 2.05) is 48.7 Å². The van der Waals surface area contributed by atoms with Gasteiger partial charge in [-0.2, -0.15) is 0 Å². The second-order valence-corrected chi connectivity index (χ2v) is 5.58. The zero-order chi connectivity index (χ0) is 14.1. The number of thiophene rings is 1. The fraction of sp³-hybridized carbons (Fsp3) is 0.0625. The monoisotopic (exact) mass is 282 g/mol. The summed E-state index contributed by atoms with van der Waals surface area (Å²) < 4.78 is 1.11. The van der Waals surface area contributed by atoms with Gasteiger partial charge >= 0.3 is 0 Å². The van der Waals surface area contributed by atoms with E-state index >= 15 is 0 Å². The van der Waals surface area contributed by atoms with Crippen molar-refractivity contribution in [2.24, 2.45) is 0 Å². The number of benzene rings is 2. The van der Waals surface area contributed by atoms with Crippen molar-refractivity contribution >= 4 is 38.7 Å². The summed E-state index contributed by atoms with van der Waals surface area (Å²) in [6.07, 6.45) is 0. The van der Waals surface area contributed by atoms with Crippen molar-refractivity contribution in [1.82, 2.24) is 0 Å². The van der Waals surface area contributed by atoms with Gasteiger partial charge in [0, 0.05) is 26.8 Å². The van der Waals surface area contributed by atoms with E-state index in [-0.39, 0.29) is 5.91 Å². The molecule has 0 aliphatic heterocycles. The van der Waals surface area contributed by atoms with Gasteiger partial charge in [0.2, 0.25) is 0 Å². The SMILES string of the molecule is Cc1ccc(NC(=O)c2csc3ccccc23)cc1N. The average Bonchev–Trinajstić information content (AvgIpc) is 2.87. The van der Waals surface area contributed by atoms with Crippen molar-refractivity contribution in [3.8, 4) is 0 Å². The van der Waals surface area contributed by atoms with Gasteiger partial charge in [-0.3, -0.25) is 4.79 Å². The minimum atomic E-state index is -0.106. The van der Waals surface area contributed by atoms with Crippen molar-refractivity contribution < 1.29 is 4.79 Å². The molecule has 1 aromatic heterocycles. The molecule has 0 fully saturated rings. The van der Waals surface area contributed by atoms with Gasteiger partial charge in [-0.1, -0.05) is 24.3 Å². The molecule has 0 bridgehead atoms. The van der Waals surface area contributed by atoms with Gasteiger partial charge in [-0.25, -0.2) is 0 Å². The molecule has 0 aliphatic carbocycles. The molecule has 1 heterocycles. The fourth-order valence-corrected chi connectivity index (χ4v) is 3.01. The van der Waals surface area contributed by atoms with Crippen molar-refractivity contribution in [3.63, 3.8) is 0 Å². The third-order valence-corrected chi connectivity index (χ3v) is 4.23. The Labute approximate surface area is 121 Å². The number of aryl methyl sites for hydroxylation is 1. The quantitative estimate of drug-likeness (QED) is 0.697. The first kappa shape index (κ1) is 12.7. The van der Waals surface area contributed by atoms with Gasteiger partial charge in [-0.05, 0) is 30.7 Å². The molecule has 0 aliphatic rings. The number of hydrogen-bond donors (Lipinski definition) is 2. The lowest BCUT2D eigenvalue weighted by atomic mass is 10.1. The van der Waals surface area contributed by atoms with Crippen LogP contribution in [-0.2, 0) is 0 Å². The average molecular weight is 282 g/mol. The number of nitrogens with two attached hydrogens (primary N) is 1. The second-order valence-electron chi connectivity index (χ2n) is 4.67. The normalized spacial score (nSPS) is 10.7. The number of rotatable bonds is 2. The van der Waals surface area contributed by atoms with Gasteiger partial charge in [0.1, 0.15) is 0 Å². The van der Waals surface area contributed by atoms with Gasteiger partial charge in [0.25, 0.3) is 5.91 Å². The molecular formula is C16H14N2OS. The Morgan fingerprint density at radius 3 is 2.80 bits per heavy atom. The first-order chi connectivity index (χ1) is 9.65. The third-order valence-electron chi connectivity index (χ3n) is 3.26. The molecule has 1 amide bonds. The third kappa shape index (κ3) is 2.26. The minimum Gasteiger partial charge on any atom is -0.398 e. The number of carbonyl (C=O) groups is 1. The number of amides is 1. The molecule has 0 atom stereocenters. The molecule has 0 saturated carbocycles. The molecule has 4 heteroatoms. The number of carbonyl (C=O) groups excluding carboxylic acids is 1. The molecule has 0 saturated heterocycles. The summed E-state index contributed by atoms with van der Waals surface area (Å²) >= 11 is 1.57. The molecule has 3 N–H and O–H groups in total. The van der Waals surface area contributed by atoms with Crippen molar-refractivity contribution in [2.45, 2.75) is 6.92 Å². The maximum absolute atomic E-state index is 12.3. The van der Waals surface area contributed by atoms with Crippen LogP contribution in [0.1, 0.15) is 15.9 Å². The van der Waals surface area contributed by atoms with Crippen LogP contribution < -0.4 is 11.1 Å². The van der Waals surface area contributed by atoms with Crippen LogP contribution in [0.3, 0.4) is 0 Å². The fourth-order valence-electron chi connectivity index (χ4n) is 2.07. The lowest BCUT2D eigenvalue weighted by Crippen LogP contribution is -2.11. The lowest BCUT2D eigenvalue weighted by Gasteiger charge is -2.07. The number of nitrogens with one attached hydrogen (secondary N) is 1. The van der Waals surface area contributed by atoms with Gasteiger partial charge in [-0.15, -0.1) is 11.3 Å². The highest BCUT2D eigenvalue weighted by atomic mass is 32.1. The van der Waals surface area contributed by atoms with E-state index in [4.69, 9.17) is 5.73 Å².